The first-order chi connectivity index (χ1) is 16.7. The molecular formula is C27H25FN2O4. The van der Waals surface area contributed by atoms with Crippen molar-refractivity contribution in [2.75, 3.05) is 32.5 Å². The normalized spacial score (nSPS) is 15.5. The number of hydrogen-bond donors (Lipinski definition) is 0. The third kappa shape index (κ3) is 4.34. The van der Waals surface area contributed by atoms with Crippen molar-refractivity contribution < 1.29 is 23.3 Å². The number of methoxy groups -OCH3 is 2. The van der Waals surface area contributed by atoms with Gasteiger partial charge in [0.25, 0.3) is 0 Å². The van der Waals surface area contributed by atoms with Crippen molar-refractivity contribution in [1.29, 1.82) is 0 Å². The molecule has 1 aliphatic heterocycles. The Labute approximate surface area is 197 Å². The van der Waals surface area contributed by atoms with Gasteiger partial charge >= 0.3 is 0 Å². The number of halogens is 1. The maximum atomic E-state index is 15.2. The average molecular weight is 461 g/mol. The average Bonchev–Trinajstić information content (AvgIpc) is 3.33. The van der Waals surface area contributed by atoms with E-state index in [0.29, 0.717) is 41.5 Å². The second kappa shape index (κ2) is 9.57. The van der Waals surface area contributed by atoms with Crippen LogP contribution in [-0.4, -0.2) is 38.6 Å². The van der Waals surface area contributed by atoms with Gasteiger partial charge in [0.05, 0.1) is 32.4 Å². The Hall–Kier alpha value is -3.84. The predicted molar refractivity (Wildman–Crippen MR) is 129 cm³/mol. The van der Waals surface area contributed by atoms with Gasteiger partial charge in [-0.05, 0) is 36.2 Å². The van der Waals surface area contributed by atoms with Crippen molar-refractivity contribution in [2.24, 2.45) is 0 Å². The molecule has 1 aliphatic rings. The Bertz CT molecular complexity index is 1300. The fourth-order valence-corrected chi connectivity index (χ4v) is 4.23. The molecule has 1 aromatic heterocycles. The molecule has 0 spiro atoms. The predicted octanol–water partition coefficient (Wildman–Crippen LogP) is 5.59. The van der Waals surface area contributed by atoms with Crippen LogP contribution in [-0.2, 0) is 11.2 Å². The quantitative estimate of drug-likeness (QED) is 0.358. The molecule has 5 rings (SSSR count). The molecule has 0 amide bonds. The van der Waals surface area contributed by atoms with Crippen molar-refractivity contribution in [3.63, 3.8) is 0 Å². The molecule has 2 heterocycles. The lowest BCUT2D eigenvalue weighted by Crippen LogP contribution is -2.32. The summed E-state index contributed by atoms with van der Waals surface area (Å²) in [6.07, 6.45) is 2.45. The van der Waals surface area contributed by atoms with E-state index in [4.69, 9.17) is 18.9 Å². The van der Waals surface area contributed by atoms with E-state index in [1.165, 1.54) is 11.6 Å². The van der Waals surface area contributed by atoms with Crippen molar-refractivity contribution in [3.8, 4) is 23.0 Å². The van der Waals surface area contributed by atoms with Crippen LogP contribution in [0.3, 0.4) is 0 Å². The van der Waals surface area contributed by atoms with E-state index in [1.54, 1.807) is 44.7 Å². The number of benzene rings is 3. The van der Waals surface area contributed by atoms with Crippen molar-refractivity contribution in [1.82, 2.24) is 4.98 Å². The molecule has 1 fully saturated rings. The molecule has 174 valence electrons. The van der Waals surface area contributed by atoms with Crippen LogP contribution >= 0.6 is 0 Å². The number of aromatic nitrogens is 1. The number of fused-ring (bicyclic) bond motifs is 1. The van der Waals surface area contributed by atoms with Gasteiger partial charge in [-0.3, -0.25) is 4.98 Å². The van der Waals surface area contributed by atoms with E-state index < -0.39 is 5.82 Å². The smallest absolute Gasteiger partial charge is 0.167 e. The largest absolute Gasteiger partial charge is 0.493 e. The second-order valence-corrected chi connectivity index (χ2v) is 8.06. The Morgan fingerprint density at radius 1 is 0.941 bits per heavy atom. The SMILES string of the molecule is COc1cc2nccc(Oc3ccc(N4COC[C@H]4Cc4ccccc4)cc3F)c2cc1OC. The van der Waals surface area contributed by atoms with Crippen LogP contribution < -0.4 is 19.1 Å². The number of nitrogens with zero attached hydrogens (tertiary/aromatic N) is 2. The number of rotatable bonds is 7. The summed E-state index contributed by atoms with van der Waals surface area (Å²) < 4.78 is 37.6. The highest BCUT2D eigenvalue weighted by Gasteiger charge is 2.26. The molecule has 0 unspecified atom stereocenters. The van der Waals surface area contributed by atoms with Gasteiger partial charge in [-0.2, -0.15) is 0 Å². The van der Waals surface area contributed by atoms with Gasteiger partial charge in [-0.25, -0.2) is 4.39 Å². The summed E-state index contributed by atoms with van der Waals surface area (Å²) in [5.41, 5.74) is 2.64. The summed E-state index contributed by atoms with van der Waals surface area (Å²) in [7, 11) is 3.13. The van der Waals surface area contributed by atoms with Crippen LogP contribution in [0.1, 0.15) is 5.56 Å². The fraction of sp³-hybridized carbons (Fsp3) is 0.222. The maximum absolute atomic E-state index is 15.2. The van der Waals surface area contributed by atoms with E-state index in [2.05, 4.69) is 22.0 Å². The monoisotopic (exact) mass is 460 g/mol. The molecule has 7 heteroatoms. The first-order valence-electron chi connectivity index (χ1n) is 11.0. The van der Waals surface area contributed by atoms with E-state index in [0.717, 1.165) is 12.1 Å². The summed E-state index contributed by atoms with van der Waals surface area (Å²) in [5, 5.41) is 0.694. The molecule has 34 heavy (non-hydrogen) atoms. The topological polar surface area (TPSA) is 53.1 Å². The third-order valence-electron chi connectivity index (χ3n) is 5.97. The Balaban J connectivity index is 1.40. The first kappa shape index (κ1) is 22.0. The maximum Gasteiger partial charge on any atom is 0.167 e. The van der Waals surface area contributed by atoms with E-state index in [1.807, 2.05) is 24.3 Å². The van der Waals surface area contributed by atoms with Crippen molar-refractivity contribution in [3.05, 3.63) is 84.3 Å². The van der Waals surface area contributed by atoms with Crippen LogP contribution in [0.5, 0.6) is 23.0 Å². The highest BCUT2D eigenvalue weighted by molar-refractivity contribution is 5.88. The highest BCUT2D eigenvalue weighted by atomic mass is 19.1. The summed E-state index contributed by atoms with van der Waals surface area (Å²) in [4.78, 5) is 6.45. The lowest BCUT2D eigenvalue weighted by molar-refractivity contribution is 0.194. The third-order valence-corrected chi connectivity index (χ3v) is 5.97. The number of anilines is 1. The summed E-state index contributed by atoms with van der Waals surface area (Å²) >= 11 is 0. The zero-order chi connectivity index (χ0) is 23.5. The first-order valence-corrected chi connectivity index (χ1v) is 11.0. The fourth-order valence-electron chi connectivity index (χ4n) is 4.23. The Morgan fingerprint density at radius 2 is 1.74 bits per heavy atom. The van der Waals surface area contributed by atoms with Crippen molar-refractivity contribution in [2.45, 2.75) is 12.5 Å². The molecule has 1 atom stereocenters. The minimum Gasteiger partial charge on any atom is -0.493 e. The minimum absolute atomic E-state index is 0.130. The van der Waals surface area contributed by atoms with Crippen LogP contribution in [0, 0.1) is 5.82 Å². The molecule has 0 radical (unpaired) electrons. The van der Waals surface area contributed by atoms with Crippen LogP contribution in [0.25, 0.3) is 10.9 Å². The van der Waals surface area contributed by atoms with E-state index in [9.17, 15) is 0 Å². The van der Waals surface area contributed by atoms with Crippen LogP contribution in [0.2, 0.25) is 0 Å². The zero-order valence-corrected chi connectivity index (χ0v) is 19.0. The molecule has 0 aliphatic carbocycles. The lowest BCUT2D eigenvalue weighted by Gasteiger charge is -2.25. The summed E-state index contributed by atoms with van der Waals surface area (Å²) in [5.74, 6) is 1.26. The second-order valence-electron chi connectivity index (χ2n) is 8.06. The molecule has 0 bridgehead atoms. The molecule has 4 aromatic rings. The number of ether oxygens (including phenoxy) is 4. The molecule has 0 saturated carbocycles. The zero-order valence-electron chi connectivity index (χ0n) is 19.0. The minimum atomic E-state index is -0.451. The molecular weight excluding hydrogens is 435 g/mol. The number of pyridine rings is 1. The van der Waals surface area contributed by atoms with Gasteiger partial charge in [0.15, 0.2) is 23.1 Å². The van der Waals surface area contributed by atoms with Gasteiger partial charge < -0.3 is 23.8 Å². The van der Waals surface area contributed by atoms with Crippen LogP contribution in [0.4, 0.5) is 10.1 Å². The summed E-state index contributed by atoms with van der Waals surface area (Å²) in [6.45, 7) is 1.02. The van der Waals surface area contributed by atoms with Crippen LogP contribution in [0.15, 0.2) is 72.9 Å². The molecule has 0 N–H and O–H groups in total. The lowest BCUT2D eigenvalue weighted by atomic mass is 10.1. The van der Waals surface area contributed by atoms with Gasteiger partial charge in [-0.1, -0.05) is 30.3 Å². The van der Waals surface area contributed by atoms with Gasteiger partial charge in [0.2, 0.25) is 0 Å². The van der Waals surface area contributed by atoms with Crippen molar-refractivity contribution >= 4 is 16.6 Å². The number of hydrogen-bond acceptors (Lipinski definition) is 6. The Kier molecular flexibility index (Phi) is 6.18. The van der Waals surface area contributed by atoms with Gasteiger partial charge in [0.1, 0.15) is 12.5 Å². The van der Waals surface area contributed by atoms with E-state index in [-0.39, 0.29) is 11.8 Å². The standard InChI is InChI=1S/C27H25FN2O4/c1-31-26-14-21-23(15-27(26)32-2)29-11-10-24(21)34-25-9-8-19(13-22(25)28)30-17-33-16-20(30)12-18-6-4-3-5-7-18/h3-11,13-15,20H,12,16-17H2,1-2H3/t20-/m1/s1. The van der Waals surface area contributed by atoms with Gasteiger partial charge in [0, 0.05) is 29.4 Å². The summed E-state index contributed by atoms with van der Waals surface area (Å²) in [6, 6.07) is 20.6. The Morgan fingerprint density at radius 3 is 2.50 bits per heavy atom. The molecule has 6 nitrogen and oxygen atoms in total. The molecule has 3 aromatic carbocycles. The van der Waals surface area contributed by atoms with E-state index >= 15 is 4.39 Å². The molecule has 1 saturated heterocycles. The highest BCUT2D eigenvalue weighted by Crippen LogP contribution is 2.38. The van der Waals surface area contributed by atoms with Gasteiger partial charge in [-0.15, -0.1) is 0 Å².